The molecule has 3 heterocycles. The van der Waals surface area contributed by atoms with Gasteiger partial charge in [0.2, 0.25) is 11.8 Å². The Kier molecular flexibility index (Phi) is 2.99. The molecule has 0 N–H and O–H groups in total. The highest BCUT2D eigenvalue weighted by Crippen LogP contribution is 2.49. The number of fused-ring (bicyclic) bond motifs is 3. The number of anilines is 1. The van der Waals surface area contributed by atoms with Crippen LogP contribution in [0.1, 0.15) is 13.8 Å². The van der Waals surface area contributed by atoms with Crippen molar-refractivity contribution in [2.75, 3.05) is 18.7 Å². The summed E-state index contributed by atoms with van der Waals surface area (Å²) in [5.41, 5.74) is 1.24. The Morgan fingerprint density at radius 2 is 1.87 bits per heavy atom. The van der Waals surface area contributed by atoms with Crippen LogP contribution in [-0.4, -0.2) is 46.6 Å². The minimum absolute atomic E-state index is 0.0841. The van der Waals surface area contributed by atoms with Crippen molar-refractivity contribution in [3.05, 3.63) is 28.7 Å². The molecule has 0 radical (unpaired) electrons. The number of hydrazine groups is 1. The van der Waals surface area contributed by atoms with Gasteiger partial charge < -0.3 is 0 Å². The summed E-state index contributed by atoms with van der Waals surface area (Å²) in [6.07, 6.45) is 0. The smallest absolute Gasteiger partial charge is 0.235 e. The number of benzene rings is 1. The lowest BCUT2D eigenvalue weighted by molar-refractivity contribution is -0.139. The quantitative estimate of drug-likeness (QED) is 0.702. The lowest BCUT2D eigenvalue weighted by Gasteiger charge is -2.35. The third-order valence-electron chi connectivity index (χ3n) is 5.42. The Balaban J connectivity index is 1.77. The van der Waals surface area contributed by atoms with E-state index in [-0.39, 0.29) is 23.7 Å². The van der Waals surface area contributed by atoms with Crippen LogP contribution < -0.4 is 5.12 Å². The van der Waals surface area contributed by atoms with Gasteiger partial charge in [-0.2, -0.15) is 15.2 Å². The van der Waals surface area contributed by atoms with E-state index >= 15 is 0 Å². The van der Waals surface area contributed by atoms with Crippen LogP contribution in [-0.2, 0) is 9.59 Å². The van der Waals surface area contributed by atoms with Gasteiger partial charge in [-0.3, -0.25) is 14.5 Å². The summed E-state index contributed by atoms with van der Waals surface area (Å²) < 4.78 is 0.995. The van der Waals surface area contributed by atoms with Crippen molar-refractivity contribution in [1.82, 2.24) is 9.91 Å². The van der Waals surface area contributed by atoms with Crippen LogP contribution >= 0.6 is 15.9 Å². The molecule has 0 saturated carbocycles. The van der Waals surface area contributed by atoms with Gasteiger partial charge >= 0.3 is 0 Å². The lowest BCUT2D eigenvalue weighted by atomic mass is 9.80. The van der Waals surface area contributed by atoms with E-state index in [1.54, 1.807) is 7.05 Å². The van der Waals surface area contributed by atoms with Crippen LogP contribution in [0.3, 0.4) is 0 Å². The van der Waals surface area contributed by atoms with E-state index in [2.05, 4.69) is 26.0 Å². The van der Waals surface area contributed by atoms with E-state index < -0.39 is 5.54 Å². The number of hydrazone groups is 1. The van der Waals surface area contributed by atoms with Crippen LogP contribution in [0.2, 0.25) is 0 Å². The molecule has 120 valence electrons. The molecule has 0 unspecified atom stereocenters. The molecule has 7 heteroatoms. The van der Waals surface area contributed by atoms with Crippen LogP contribution in [0.25, 0.3) is 0 Å². The third kappa shape index (κ3) is 1.74. The van der Waals surface area contributed by atoms with Crippen LogP contribution in [0.5, 0.6) is 0 Å². The van der Waals surface area contributed by atoms with E-state index in [9.17, 15) is 9.59 Å². The second-order valence-corrected chi connectivity index (χ2v) is 7.42. The molecule has 2 saturated heterocycles. The normalized spacial score (nSPS) is 33.3. The molecule has 2 amide bonds. The molecular formula is C16H17BrN4O2. The number of amides is 2. The number of nitrogens with zero attached hydrogens (tertiary/aromatic N) is 4. The van der Waals surface area contributed by atoms with Crippen molar-refractivity contribution in [2.24, 2.45) is 16.9 Å². The van der Waals surface area contributed by atoms with Gasteiger partial charge in [-0.05, 0) is 38.1 Å². The number of likely N-dealkylation sites (tertiary alicyclic amines) is 1. The van der Waals surface area contributed by atoms with Gasteiger partial charge in [0.15, 0.2) is 0 Å². The highest BCUT2D eigenvalue weighted by atomic mass is 79.9. The van der Waals surface area contributed by atoms with Crippen LogP contribution in [0.4, 0.5) is 5.69 Å². The monoisotopic (exact) mass is 376 g/mol. The fraction of sp³-hybridized carbons (Fsp3) is 0.438. The number of hydrogen-bond donors (Lipinski definition) is 0. The van der Waals surface area contributed by atoms with Crippen LogP contribution in [0, 0.1) is 11.8 Å². The lowest BCUT2D eigenvalue weighted by Crippen LogP contribution is -2.53. The maximum Gasteiger partial charge on any atom is 0.235 e. The summed E-state index contributed by atoms with van der Waals surface area (Å²) in [5, 5.41) is 8.56. The molecule has 1 aromatic carbocycles. The average molecular weight is 377 g/mol. The first-order valence-corrected chi connectivity index (χ1v) is 8.35. The zero-order valence-corrected chi connectivity index (χ0v) is 14.7. The third-order valence-corrected chi connectivity index (χ3v) is 5.95. The van der Waals surface area contributed by atoms with Gasteiger partial charge in [0, 0.05) is 18.1 Å². The van der Waals surface area contributed by atoms with Gasteiger partial charge in [-0.25, -0.2) is 0 Å². The topological polar surface area (TPSA) is 56.2 Å². The van der Waals surface area contributed by atoms with Crippen molar-refractivity contribution in [1.29, 1.82) is 0 Å². The Labute approximate surface area is 142 Å². The maximum absolute atomic E-state index is 12.6. The Bertz CT molecular complexity index is 747. The Morgan fingerprint density at radius 1 is 1.22 bits per heavy atom. The standard InChI is InChI=1S/C16H17BrN4O2/c1-9-16(2)13-12(14(22)19(3)15(13)23)8-20(16)21(18-9)11-6-4-10(17)5-7-11/h4-7,12-13H,8H2,1-3H3/t12-,13+,16+/m1/s1. The average Bonchev–Trinajstić information content (AvgIpc) is 3.04. The Hall–Kier alpha value is -1.73. The zero-order valence-electron chi connectivity index (χ0n) is 13.2. The second-order valence-electron chi connectivity index (χ2n) is 6.50. The molecular weight excluding hydrogens is 360 g/mol. The molecule has 0 bridgehead atoms. The number of carbonyl (C=O) groups is 2. The fourth-order valence-corrected chi connectivity index (χ4v) is 4.25. The number of carbonyl (C=O) groups excluding carboxylic acids is 2. The van der Waals surface area contributed by atoms with E-state index in [1.807, 2.05) is 43.2 Å². The molecule has 3 atom stereocenters. The number of imide groups is 1. The van der Waals surface area contributed by atoms with Gasteiger partial charge in [-0.1, -0.05) is 15.9 Å². The van der Waals surface area contributed by atoms with Gasteiger partial charge in [0.05, 0.1) is 28.8 Å². The van der Waals surface area contributed by atoms with E-state index in [0.717, 1.165) is 15.9 Å². The predicted octanol–water partition coefficient (Wildman–Crippen LogP) is 1.87. The predicted molar refractivity (Wildman–Crippen MR) is 89.6 cm³/mol. The summed E-state index contributed by atoms with van der Waals surface area (Å²) in [5.74, 6) is -0.832. The van der Waals surface area contributed by atoms with Crippen molar-refractivity contribution in [2.45, 2.75) is 19.4 Å². The summed E-state index contributed by atoms with van der Waals surface area (Å²) in [6.45, 7) is 4.46. The largest absolute Gasteiger partial charge is 0.285 e. The summed E-state index contributed by atoms with van der Waals surface area (Å²) in [6, 6.07) is 7.85. The molecule has 0 aliphatic carbocycles. The molecule has 0 aromatic heterocycles. The number of halogens is 1. The molecule has 3 aliphatic heterocycles. The van der Waals surface area contributed by atoms with E-state index in [0.29, 0.717) is 6.54 Å². The molecule has 1 aromatic rings. The first-order valence-electron chi connectivity index (χ1n) is 7.56. The molecule has 23 heavy (non-hydrogen) atoms. The summed E-state index contributed by atoms with van der Waals surface area (Å²) >= 11 is 3.43. The Morgan fingerprint density at radius 3 is 2.52 bits per heavy atom. The van der Waals surface area contributed by atoms with Crippen molar-refractivity contribution < 1.29 is 9.59 Å². The van der Waals surface area contributed by atoms with Gasteiger partial charge in [0.1, 0.15) is 0 Å². The van der Waals surface area contributed by atoms with Gasteiger partial charge in [-0.15, -0.1) is 0 Å². The number of hydrogen-bond acceptors (Lipinski definition) is 5. The minimum Gasteiger partial charge on any atom is -0.285 e. The van der Waals surface area contributed by atoms with Crippen molar-refractivity contribution in [3.8, 4) is 0 Å². The summed E-state index contributed by atoms with van der Waals surface area (Å²) in [4.78, 5) is 26.2. The molecule has 4 rings (SSSR count). The minimum atomic E-state index is -0.546. The molecule has 6 nitrogen and oxygen atoms in total. The fourth-order valence-electron chi connectivity index (χ4n) is 3.99. The molecule has 3 aliphatic rings. The SMILES string of the molecule is CC1=NN(c2ccc(Br)cc2)N2C[C@H]3C(=O)N(C)C(=O)[C@H]3[C@]12C. The molecule has 2 fully saturated rings. The van der Waals surface area contributed by atoms with Crippen LogP contribution in [0.15, 0.2) is 33.8 Å². The highest BCUT2D eigenvalue weighted by Gasteiger charge is 2.66. The second kappa shape index (κ2) is 4.64. The van der Waals surface area contributed by atoms with Crippen molar-refractivity contribution in [3.63, 3.8) is 0 Å². The molecule has 0 spiro atoms. The maximum atomic E-state index is 12.6. The van der Waals surface area contributed by atoms with E-state index in [1.165, 1.54) is 4.90 Å². The highest BCUT2D eigenvalue weighted by molar-refractivity contribution is 9.10. The summed E-state index contributed by atoms with van der Waals surface area (Å²) in [7, 11) is 1.57. The van der Waals surface area contributed by atoms with E-state index in [4.69, 9.17) is 0 Å². The number of rotatable bonds is 1. The first-order chi connectivity index (χ1) is 10.9. The zero-order chi connectivity index (χ0) is 16.5. The van der Waals surface area contributed by atoms with Gasteiger partial charge in [0.25, 0.3) is 0 Å². The first kappa shape index (κ1) is 14.8. The van der Waals surface area contributed by atoms with Crippen molar-refractivity contribution >= 4 is 39.1 Å².